The van der Waals surface area contributed by atoms with E-state index in [1.54, 1.807) is 18.2 Å². The third kappa shape index (κ3) is 2.10. The normalized spacial score (nSPS) is 10.8. The van der Waals surface area contributed by atoms with E-state index in [0.717, 1.165) is 10.8 Å². The minimum absolute atomic E-state index is 0.0833. The molecule has 0 heterocycles. The number of phenols is 1. The molecule has 94 valence electrons. The van der Waals surface area contributed by atoms with E-state index in [4.69, 9.17) is 0 Å². The summed E-state index contributed by atoms with van der Waals surface area (Å²) in [6.07, 6.45) is 0. The maximum absolute atomic E-state index is 14.1. The first-order valence-corrected chi connectivity index (χ1v) is 6.62. The number of hydrogen-bond acceptors (Lipinski definition) is 1. The second kappa shape index (κ2) is 4.67. The van der Waals surface area contributed by atoms with E-state index >= 15 is 0 Å². The molecule has 3 rings (SSSR count). The summed E-state index contributed by atoms with van der Waals surface area (Å²) in [5.74, 6) is -0.277. The third-order valence-corrected chi connectivity index (χ3v) is 3.60. The van der Waals surface area contributed by atoms with Crippen molar-refractivity contribution < 1.29 is 9.50 Å². The second-order valence-electron chi connectivity index (χ2n) is 4.30. The van der Waals surface area contributed by atoms with Crippen molar-refractivity contribution in [3.05, 3.63) is 64.9 Å². The van der Waals surface area contributed by atoms with Crippen LogP contribution in [0, 0.1) is 5.82 Å². The smallest absolute Gasteiger partial charge is 0.132 e. The molecule has 1 nitrogen and oxygen atoms in total. The van der Waals surface area contributed by atoms with E-state index in [-0.39, 0.29) is 11.6 Å². The van der Waals surface area contributed by atoms with Gasteiger partial charge < -0.3 is 5.11 Å². The Bertz CT molecular complexity index is 768. The average Bonchev–Trinajstić information content (AvgIpc) is 2.40. The van der Waals surface area contributed by atoms with Gasteiger partial charge in [0.2, 0.25) is 0 Å². The van der Waals surface area contributed by atoms with Crippen molar-refractivity contribution in [3.8, 4) is 16.9 Å². The molecule has 0 bridgehead atoms. The Morgan fingerprint density at radius 2 is 1.74 bits per heavy atom. The minimum atomic E-state index is -0.360. The summed E-state index contributed by atoms with van der Waals surface area (Å²) < 4.78 is 14.8. The second-order valence-corrected chi connectivity index (χ2v) is 5.22. The number of rotatable bonds is 1. The Balaban J connectivity index is 2.38. The van der Waals surface area contributed by atoms with Crippen LogP contribution in [0.4, 0.5) is 4.39 Å². The standard InChI is InChI=1S/C16H10BrFO/c17-11-6-7-13(14(18)9-11)16-12-4-2-1-3-10(12)5-8-15(16)19/h1-9,19H. The first-order valence-electron chi connectivity index (χ1n) is 5.83. The fourth-order valence-corrected chi connectivity index (χ4v) is 2.57. The van der Waals surface area contributed by atoms with Gasteiger partial charge in [0.05, 0.1) is 0 Å². The highest BCUT2D eigenvalue weighted by Gasteiger charge is 2.13. The molecule has 3 aromatic carbocycles. The van der Waals surface area contributed by atoms with Crippen LogP contribution >= 0.6 is 15.9 Å². The van der Waals surface area contributed by atoms with Crippen LogP contribution in [0.2, 0.25) is 0 Å². The highest BCUT2D eigenvalue weighted by Crippen LogP contribution is 2.38. The first kappa shape index (κ1) is 12.2. The van der Waals surface area contributed by atoms with E-state index in [1.807, 2.05) is 30.3 Å². The number of fused-ring (bicyclic) bond motifs is 1. The van der Waals surface area contributed by atoms with Gasteiger partial charge in [0.15, 0.2) is 0 Å². The first-order chi connectivity index (χ1) is 9.16. The van der Waals surface area contributed by atoms with Crippen LogP contribution in [0.25, 0.3) is 21.9 Å². The van der Waals surface area contributed by atoms with Crippen LogP contribution in [-0.2, 0) is 0 Å². The highest BCUT2D eigenvalue weighted by atomic mass is 79.9. The summed E-state index contributed by atoms with van der Waals surface area (Å²) in [7, 11) is 0. The van der Waals surface area contributed by atoms with Gasteiger partial charge in [-0.15, -0.1) is 0 Å². The Morgan fingerprint density at radius 1 is 0.947 bits per heavy atom. The zero-order chi connectivity index (χ0) is 13.4. The lowest BCUT2D eigenvalue weighted by atomic mass is 9.97. The van der Waals surface area contributed by atoms with E-state index < -0.39 is 0 Å². The summed E-state index contributed by atoms with van der Waals surface area (Å²) in [5, 5.41) is 11.9. The molecule has 3 heteroatoms. The third-order valence-electron chi connectivity index (χ3n) is 3.11. The summed E-state index contributed by atoms with van der Waals surface area (Å²) >= 11 is 3.23. The molecule has 0 unspecified atom stereocenters. The summed E-state index contributed by atoms with van der Waals surface area (Å²) in [4.78, 5) is 0. The largest absolute Gasteiger partial charge is 0.507 e. The van der Waals surface area contributed by atoms with Crippen molar-refractivity contribution in [2.75, 3.05) is 0 Å². The molecule has 0 aliphatic heterocycles. The molecule has 0 saturated carbocycles. The van der Waals surface area contributed by atoms with Crippen LogP contribution < -0.4 is 0 Å². The van der Waals surface area contributed by atoms with Crippen LogP contribution in [0.5, 0.6) is 5.75 Å². The summed E-state index contributed by atoms with van der Waals surface area (Å²) in [6.45, 7) is 0. The van der Waals surface area contributed by atoms with Crippen molar-refractivity contribution >= 4 is 26.7 Å². The number of benzene rings is 3. The van der Waals surface area contributed by atoms with E-state index in [0.29, 0.717) is 15.6 Å². The maximum Gasteiger partial charge on any atom is 0.132 e. The maximum atomic E-state index is 14.1. The SMILES string of the molecule is Oc1ccc2ccccc2c1-c1ccc(Br)cc1F. The fourth-order valence-electron chi connectivity index (χ4n) is 2.24. The molecule has 0 aromatic heterocycles. The molecular weight excluding hydrogens is 307 g/mol. The van der Waals surface area contributed by atoms with Gasteiger partial charge in [-0.2, -0.15) is 0 Å². The number of phenolic OH excluding ortho intramolecular Hbond substituents is 1. The molecule has 0 radical (unpaired) electrons. The van der Waals surface area contributed by atoms with Gasteiger partial charge in [-0.3, -0.25) is 0 Å². The Morgan fingerprint density at radius 3 is 2.53 bits per heavy atom. The van der Waals surface area contributed by atoms with Crippen molar-refractivity contribution in [3.63, 3.8) is 0 Å². The zero-order valence-electron chi connectivity index (χ0n) is 9.90. The minimum Gasteiger partial charge on any atom is -0.507 e. The van der Waals surface area contributed by atoms with Crippen molar-refractivity contribution in [2.45, 2.75) is 0 Å². The van der Waals surface area contributed by atoms with Gasteiger partial charge >= 0.3 is 0 Å². The van der Waals surface area contributed by atoms with E-state index in [9.17, 15) is 9.50 Å². The lowest BCUT2D eigenvalue weighted by Crippen LogP contribution is -1.87. The van der Waals surface area contributed by atoms with Gasteiger partial charge in [0.25, 0.3) is 0 Å². The Hall–Kier alpha value is -1.87. The van der Waals surface area contributed by atoms with Gasteiger partial charge in [0, 0.05) is 15.6 Å². The molecular formula is C16H10BrFO. The molecule has 3 aromatic rings. The average molecular weight is 317 g/mol. The lowest BCUT2D eigenvalue weighted by Gasteiger charge is -2.10. The van der Waals surface area contributed by atoms with E-state index in [2.05, 4.69) is 15.9 Å². The van der Waals surface area contributed by atoms with Crippen LogP contribution in [0.3, 0.4) is 0 Å². The molecule has 0 saturated heterocycles. The molecule has 0 aliphatic carbocycles. The van der Waals surface area contributed by atoms with Crippen molar-refractivity contribution in [1.29, 1.82) is 0 Å². The zero-order valence-corrected chi connectivity index (χ0v) is 11.5. The Kier molecular flexibility index (Phi) is 2.99. The molecule has 1 N–H and O–H groups in total. The fraction of sp³-hybridized carbons (Fsp3) is 0. The van der Waals surface area contributed by atoms with Gasteiger partial charge in [-0.25, -0.2) is 4.39 Å². The molecule has 0 spiro atoms. The predicted octanol–water partition coefficient (Wildman–Crippen LogP) is 5.11. The van der Waals surface area contributed by atoms with Crippen LogP contribution in [0.1, 0.15) is 0 Å². The van der Waals surface area contributed by atoms with Gasteiger partial charge in [-0.05, 0) is 29.0 Å². The molecule has 0 fully saturated rings. The predicted molar refractivity (Wildman–Crippen MR) is 78.7 cm³/mol. The number of aromatic hydroxyl groups is 1. The number of hydrogen-bond donors (Lipinski definition) is 1. The lowest BCUT2D eigenvalue weighted by molar-refractivity contribution is 0.477. The van der Waals surface area contributed by atoms with E-state index in [1.165, 1.54) is 6.07 Å². The Labute approximate surface area is 118 Å². The van der Waals surface area contributed by atoms with Gasteiger partial charge in [-0.1, -0.05) is 52.3 Å². The topological polar surface area (TPSA) is 20.2 Å². The quantitative estimate of drug-likeness (QED) is 0.661. The van der Waals surface area contributed by atoms with Crippen molar-refractivity contribution in [1.82, 2.24) is 0 Å². The monoisotopic (exact) mass is 316 g/mol. The van der Waals surface area contributed by atoms with Crippen LogP contribution in [0.15, 0.2) is 59.1 Å². The van der Waals surface area contributed by atoms with Crippen LogP contribution in [-0.4, -0.2) is 5.11 Å². The molecule has 0 atom stereocenters. The van der Waals surface area contributed by atoms with Crippen molar-refractivity contribution in [2.24, 2.45) is 0 Å². The number of halogens is 2. The summed E-state index contributed by atoms with van der Waals surface area (Å²) in [5.41, 5.74) is 0.931. The summed E-state index contributed by atoms with van der Waals surface area (Å²) in [6, 6.07) is 15.9. The molecule has 19 heavy (non-hydrogen) atoms. The van der Waals surface area contributed by atoms with Gasteiger partial charge in [0.1, 0.15) is 11.6 Å². The molecule has 0 amide bonds. The highest BCUT2D eigenvalue weighted by molar-refractivity contribution is 9.10. The molecule has 0 aliphatic rings.